The van der Waals surface area contributed by atoms with Crippen molar-refractivity contribution in [3.63, 3.8) is 0 Å². The van der Waals surface area contributed by atoms with Gasteiger partial charge < -0.3 is 0 Å². The van der Waals surface area contributed by atoms with E-state index < -0.39 is 12.6 Å². The van der Waals surface area contributed by atoms with E-state index in [-0.39, 0.29) is 10.8 Å². The van der Waals surface area contributed by atoms with Gasteiger partial charge in [-0.15, -0.1) is 0 Å². The van der Waals surface area contributed by atoms with E-state index in [9.17, 15) is 13.2 Å². The maximum absolute atomic E-state index is 12.2. The van der Waals surface area contributed by atoms with Crippen LogP contribution in [0.1, 0.15) is 5.56 Å². The van der Waals surface area contributed by atoms with E-state index in [4.69, 9.17) is 11.6 Å². The maximum Gasteiger partial charge on any atom is 0.393 e. The number of benzene rings is 1. The zero-order valence-electron chi connectivity index (χ0n) is 7.92. The smallest absolute Gasteiger partial charge is 0.226 e. The van der Waals surface area contributed by atoms with Crippen LogP contribution in [-0.4, -0.2) is 16.1 Å². The Balaban J connectivity index is 2.43. The van der Waals surface area contributed by atoms with Crippen molar-refractivity contribution in [3.05, 3.63) is 35.2 Å². The van der Waals surface area contributed by atoms with Crippen molar-refractivity contribution in [1.29, 1.82) is 0 Å². The summed E-state index contributed by atoms with van der Waals surface area (Å²) in [5.41, 5.74) is 0.580. The predicted octanol–water partition coefficient (Wildman–Crippen LogP) is 3.39. The van der Waals surface area contributed by atoms with Gasteiger partial charge in [0.25, 0.3) is 0 Å². The highest BCUT2D eigenvalue weighted by atomic mass is 35.5. The summed E-state index contributed by atoms with van der Waals surface area (Å²) in [6, 6.07) is 4.33. The van der Waals surface area contributed by atoms with E-state index in [2.05, 4.69) is 9.97 Å². The van der Waals surface area contributed by atoms with Gasteiger partial charge in [0.05, 0.1) is 11.9 Å². The molecule has 0 bridgehead atoms. The molecular formula is C10H6ClF3N2. The van der Waals surface area contributed by atoms with Gasteiger partial charge in [-0.05, 0) is 23.2 Å². The lowest BCUT2D eigenvalue weighted by molar-refractivity contribution is -0.127. The van der Waals surface area contributed by atoms with Gasteiger partial charge in [0.1, 0.15) is 0 Å². The monoisotopic (exact) mass is 246 g/mol. The maximum atomic E-state index is 12.2. The molecule has 16 heavy (non-hydrogen) atoms. The third kappa shape index (κ3) is 2.61. The minimum atomic E-state index is -4.22. The number of alkyl halides is 3. The quantitative estimate of drug-likeness (QED) is 0.721. The third-order valence-corrected chi connectivity index (χ3v) is 2.20. The van der Waals surface area contributed by atoms with Gasteiger partial charge in [-0.2, -0.15) is 13.2 Å². The van der Waals surface area contributed by atoms with Crippen LogP contribution < -0.4 is 0 Å². The molecule has 1 aromatic heterocycles. The fourth-order valence-corrected chi connectivity index (χ4v) is 1.53. The van der Waals surface area contributed by atoms with Gasteiger partial charge >= 0.3 is 6.18 Å². The van der Waals surface area contributed by atoms with Crippen molar-refractivity contribution < 1.29 is 13.2 Å². The SMILES string of the molecule is FC(F)(F)Cc1ccc2cnc(Cl)nc2c1. The van der Waals surface area contributed by atoms with E-state index in [1.165, 1.54) is 18.3 Å². The lowest BCUT2D eigenvalue weighted by atomic mass is 10.1. The van der Waals surface area contributed by atoms with Crippen LogP contribution >= 0.6 is 11.6 Å². The molecule has 1 heterocycles. The molecule has 0 saturated heterocycles. The van der Waals surface area contributed by atoms with Gasteiger partial charge in [0.15, 0.2) is 0 Å². The molecule has 0 radical (unpaired) electrons. The van der Waals surface area contributed by atoms with Crippen LogP contribution in [0.4, 0.5) is 13.2 Å². The summed E-state index contributed by atoms with van der Waals surface area (Å²) in [5, 5.41) is 0.687. The highest BCUT2D eigenvalue weighted by Crippen LogP contribution is 2.23. The fraction of sp³-hybridized carbons (Fsp3) is 0.200. The average Bonchev–Trinajstić information content (AvgIpc) is 2.14. The third-order valence-electron chi connectivity index (χ3n) is 2.02. The molecule has 0 atom stereocenters. The van der Waals surface area contributed by atoms with Crippen molar-refractivity contribution in [2.75, 3.05) is 0 Å². The summed E-state index contributed by atoms with van der Waals surface area (Å²) in [5.74, 6) is 0. The molecule has 0 aliphatic heterocycles. The number of hydrogen-bond acceptors (Lipinski definition) is 2. The second kappa shape index (κ2) is 3.90. The highest BCUT2D eigenvalue weighted by Gasteiger charge is 2.27. The Bertz CT molecular complexity index is 525. The second-order valence-corrected chi connectivity index (χ2v) is 3.66. The molecule has 2 rings (SSSR count). The first kappa shape index (κ1) is 11.1. The molecule has 2 aromatic rings. The predicted molar refractivity (Wildman–Crippen MR) is 54.3 cm³/mol. The average molecular weight is 247 g/mol. The Labute approximate surface area is 94.1 Å². The summed E-state index contributed by atoms with van der Waals surface area (Å²) < 4.78 is 36.5. The topological polar surface area (TPSA) is 25.8 Å². The Morgan fingerprint density at radius 2 is 2.00 bits per heavy atom. The number of rotatable bonds is 1. The van der Waals surface area contributed by atoms with Crippen molar-refractivity contribution >= 4 is 22.5 Å². The standard InChI is InChI=1S/C10H6ClF3N2/c11-9-15-5-7-2-1-6(3-8(7)16-9)4-10(12,13)14/h1-3,5H,4H2. The molecule has 0 amide bonds. The van der Waals surface area contributed by atoms with Crippen LogP contribution in [0.3, 0.4) is 0 Å². The van der Waals surface area contributed by atoms with E-state index in [0.29, 0.717) is 10.9 Å². The molecular weight excluding hydrogens is 241 g/mol. The van der Waals surface area contributed by atoms with E-state index in [1.807, 2.05) is 0 Å². The molecule has 2 nitrogen and oxygen atoms in total. The van der Waals surface area contributed by atoms with Crippen LogP contribution in [-0.2, 0) is 6.42 Å². The number of aromatic nitrogens is 2. The number of hydrogen-bond donors (Lipinski definition) is 0. The summed E-state index contributed by atoms with van der Waals surface area (Å²) >= 11 is 5.56. The van der Waals surface area contributed by atoms with Crippen LogP contribution in [0.2, 0.25) is 5.28 Å². The molecule has 0 unspecified atom stereocenters. The van der Waals surface area contributed by atoms with Crippen LogP contribution in [0.25, 0.3) is 10.9 Å². The molecule has 0 aliphatic rings. The largest absolute Gasteiger partial charge is 0.393 e. The summed E-state index contributed by atoms with van der Waals surface area (Å²) in [7, 11) is 0. The fourth-order valence-electron chi connectivity index (χ4n) is 1.39. The molecule has 1 aromatic carbocycles. The summed E-state index contributed by atoms with van der Waals surface area (Å²) in [4.78, 5) is 7.60. The van der Waals surface area contributed by atoms with Gasteiger partial charge in [0.2, 0.25) is 5.28 Å². The highest BCUT2D eigenvalue weighted by molar-refractivity contribution is 6.28. The first-order valence-electron chi connectivity index (χ1n) is 4.42. The van der Waals surface area contributed by atoms with Gasteiger partial charge in [-0.3, -0.25) is 0 Å². The zero-order chi connectivity index (χ0) is 11.8. The Kier molecular flexibility index (Phi) is 2.71. The van der Waals surface area contributed by atoms with E-state index in [1.54, 1.807) is 6.07 Å². The van der Waals surface area contributed by atoms with Gasteiger partial charge in [0, 0.05) is 11.6 Å². The Hall–Kier alpha value is -1.36. The Morgan fingerprint density at radius 3 is 2.69 bits per heavy atom. The lowest BCUT2D eigenvalue weighted by Crippen LogP contribution is -2.11. The van der Waals surface area contributed by atoms with Crippen LogP contribution in [0.5, 0.6) is 0 Å². The van der Waals surface area contributed by atoms with Crippen molar-refractivity contribution in [3.8, 4) is 0 Å². The number of fused-ring (bicyclic) bond motifs is 1. The van der Waals surface area contributed by atoms with E-state index >= 15 is 0 Å². The van der Waals surface area contributed by atoms with Crippen molar-refractivity contribution in [2.45, 2.75) is 12.6 Å². The number of halogens is 4. The minimum Gasteiger partial charge on any atom is -0.226 e. The molecule has 0 fully saturated rings. The Morgan fingerprint density at radius 1 is 1.25 bits per heavy atom. The lowest BCUT2D eigenvalue weighted by Gasteiger charge is -2.06. The van der Waals surface area contributed by atoms with Gasteiger partial charge in [-0.25, -0.2) is 9.97 Å². The summed E-state index contributed by atoms with van der Waals surface area (Å²) in [6.07, 6.45) is -3.71. The van der Waals surface area contributed by atoms with E-state index in [0.717, 1.165) is 0 Å². The molecule has 6 heteroatoms. The van der Waals surface area contributed by atoms with Crippen molar-refractivity contribution in [1.82, 2.24) is 9.97 Å². The molecule has 0 spiro atoms. The van der Waals surface area contributed by atoms with Crippen LogP contribution in [0, 0.1) is 0 Å². The first-order chi connectivity index (χ1) is 7.44. The van der Waals surface area contributed by atoms with Gasteiger partial charge in [-0.1, -0.05) is 12.1 Å². The molecule has 0 N–H and O–H groups in total. The normalized spacial score (nSPS) is 12.0. The minimum absolute atomic E-state index is 0.0247. The molecule has 0 saturated carbocycles. The number of nitrogens with zero attached hydrogens (tertiary/aromatic N) is 2. The molecule has 84 valence electrons. The summed E-state index contributed by atoms with van der Waals surface area (Å²) in [6.45, 7) is 0. The zero-order valence-corrected chi connectivity index (χ0v) is 8.68. The second-order valence-electron chi connectivity index (χ2n) is 3.32. The first-order valence-corrected chi connectivity index (χ1v) is 4.80. The van der Waals surface area contributed by atoms with Crippen LogP contribution in [0.15, 0.2) is 24.4 Å². The van der Waals surface area contributed by atoms with Crippen molar-refractivity contribution in [2.24, 2.45) is 0 Å². The molecule has 0 aliphatic carbocycles.